The van der Waals surface area contributed by atoms with Gasteiger partial charge in [0.25, 0.3) is 0 Å². The van der Waals surface area contributed by atoms with Crippen LogP contribution in [0.2, 0.25) is 0 Å². The molecule has 1 rings (SSSR count). The van der Waals surface area contributed by atoms with Crippen molar-refractivity contribution in [1.29, 1.82) is 0 Å². The zero-order valence-corrected chi connectivity index (χ0v) is 10.6. The van der Waals surface area contributed by atoms with Crippen molar-refractivity contribution in [2.45, 2.75) is 57.9 Å². The minimum Gasteiger partial charge on any atom is -0.298 e. The van der Waals surface area contributed by atoms with E-state index in [0.717, 1.165) is 13.1 Å². The first-order valence-corrected chi connectivity index (χ1v) is 6.31. The normalized spacial score (nSPS) is 18.8. The highest BCUT2D eigenvalue weighted by atomic mass is 16.1. The van der Waals surface area contributed by atoms with Crippen LogP contribution in [0.5, 0.6) is 0 Å². The Balaban J connectivity index is 2.59. The first-order valence-electron chi connectivity index (χ1n) is 6.31. The molecule has 0 spiro atoms. The number of likely N-dealkylation sites (tertiary alicyclic amines) is 1. The van der Waals surface area contributed by atoms with E-state index in [1.165, 1.54) is 25.7 Å². The van der Waals surface area contributed by atoms with E-state index < -0.39 is 0 Å². The van der Waals surface area contributed by atoms with Gasteiger partial charge in [0.05, 0.1) is 5.54 Å². The molecule has 90 valence electrons. The maximum Gasteiger partial charge on any atom is 0.153 e. The highest BCUT2D eigenvalue weighted by molar-refractivity contribution is 5.87. The van der Waals surface area contributed by atoms with E-state index >= 15 is 0 Å². The summed E-state index contributed by atoms with van der Waals surface area (Å²) >= 11 is 0. The van der Waals surface area contributed by atoms with Crippen molar-refractivity contribution >= 4 is 5.78 Å². The fourth-order valence-electron chi connectivity index (χ4n) is 2.30. The summed E-state index contributed by atoms with van der Waals surface area (Å²) in [6.07, 6.45) is 11.3. The van der Waals surface area contributed by atoms with E-state index in [-0.39, 0.29) is 11.3 Å². The topological polar surface area (TPSA) is 20.3 Å². The summed E-state index contributed by atoms with van der Waals surface area (Å²) in [6.45, 7) is 6.18. The molecule has 1 heterocycles. The van der Waals surface area contributed by atoms with Crippen LogP contribution >= 0.6 is 0 Å². The van der Waals surface area contributed by atoms with Crippen LogP contribution in [0.25, 0.3) is 0 Å². The summed E-state index contributed by atoms with van der Waals surface area (Å²) in [6, 6.07) is 0. The molecule has 0 saturated carbocycles. The second kappa shape index (κ2) is 6.06. The zero-order chi connectivity index (χ0) is 12.0. The molecule has 0 radical (unpaired) electrons. The lowest BCUT2D eigenvalue weighted by Gasteiger charge is -2.36. The minimum absolute atomic E-state index is 0.285. The van der Waals surface area contributed by atoms with E-state index in [4.69, 9.17) is 6.42 Å². The molecular weight excluding hydrogens is 198 g/mol. The molecule has 2 nitrogen and oxygen atoms in total. The van der Waals surface area contributed by atoms with Gasteiger partial charge in [-0.25, -0.2) is 0 Å². The molecule has 1 aliphatic heterocycles. The maximum atomic E-state index is 12.1. The predicted octanol–water partition coefficient (Wildman–Crippen LogP) is 2.62. The summed E-state index contributed by atoms with van der Waals surface area (Å²) in [5.41, 5.74) is -0.332. The lowest BCUT2D eigenvalue weighted by molar-refractivity contribution is -0.129. The zero-order valence-electron chi connectivity index (χ0n) is 10.6. The number of hydrogen-bond donors (Lipinski definition) is 0. The minimum atomic E-state index is -0.332. The summed E-state index contributed by atoms with van der Waals surface area (Å²) < 4.78 is 0. The van der Waals surface area contributed by atoms with Gasteiger partial charge in [0, 0.05) is 12.8 Å². The number of carbonyl (C=O) groups excluding carboxylic acids is 1. The number of terminal acetylenes is 1. The van der Waals surface area contributed by atoms with Gasteiger partial charge in [0.15, 0.2) is 5.78 Å². The first kappa shape index (κ1) is 13.3. The molecule has 0 atom stereocenters. The molecule has 1 saturated heterocycles. The second-order valence-corrected chi connectivity index (χ2v) is 5.09. The number of rotatable bonds is 4. The molecule has 0 aliphatic carbocycles. The van der Waals surface area contributed by atoms with Crippen LogP contribution < -0.4 is 0 Å². The average molecular weight is 221 g/mol. The van der Waals surface area contributed by atoms with Crippen LogP contribution in [0.15, 0.2) is 0 Å². The Morgan fingerprint density at radius 2 is 1.81 bits per heavy atom. The maximum absolute atomic E-state index is 12.1. The second-order valence-electron chi connectivity index (χ2n) is 5.09. The van der Waals surface area contributed by atoms with Crippen molar-refractivity contribution in [2.75, 3.05) is 13.1 Å². The number of carbonyl (C=O) groups is 1. The van der Waals surface area contributed by atoms with Crippen molar-refractivity contribution in [1.82, 2.24) is 4.90 Å². The molecule has 0 unspecified atom stereocenters. The highest BCUT2D eigenvalue weighted by Gasteiger charge is 2.33. The molecule has 1 aliphatic rings. The highest BCUT2D eigenvalue weighted by Crippen LogP contribution is 2.22. The SMILES string of the molecule is C#CCCC(=O)C(C)(C)N1CCCCCC1. The average Bonchev–Trinajstić information content (AvgIpc) is 2.54. The molecule has 0 aromatic heterocycles. The van der Waals surface area contributed by atoms with E-state index in [2.05, 4.69) is 10.8 Å². The molecule has 0 N–H and O–H groups in total. The van der Waals surface area contributed by atoms with E-state index in [1.807, 2.05) is 13.8 Å². The third-order valence-corrected chi connectivity index (χ3v) is 3.58. The van der Waals surface area contributed by atoms with Crippen LogP contribution in [0.3, 0.4) is 0 Å². The van der Waals surface area contributed by atoms with E-state index in [1.54, 1.807) is 0 Å². The van der Waals surface area contributed by atoms with Gasteiger partial charge in [-0.15, -0.1) is 12.3 Å². The van der Waals surface area contributed by atoms with Gasteiger partial charge in [-0.2, -0.15) is 0 Å². The van der Waals surface area contributed by atoms with Gasteiger partial charge in [0.1, 0.15) is 0 Å². The standard InChI is InChI=1S/C14H23NO/c1-4-5-10-13(16)14(2,3)15-11-8-6-7-9-12-15/h1H,5-12H2,2-3H3. The molecule has 2 heteroatoms. The molecule has 16 heavy (non-hydrogen) atoms. The molecule has 0 aromatic carbocycles. The predicted molar refractivity (Wildman–Crippen MR) is 67.2 cm³/mol. The van der Waals surface area contributed by atoms with Crippen molar-refractivity contribution in [3.8, 4) is 12.3 Å². The summed E-state index contributed by atoms with van der Waals surface area (Å²) in [5, 5.41) is 0. The monoisotopic (exact) mass is 221 g/mol. The van der Waals surface area contributed by atoms with Crippen molar-refractivity contribution in [2.24, 2.45) is 0 Å². The van der Waals surface area contributed by atoms with Gasteiger partial charge in [-0.1, -0.05) is 12.8 Å². The third kappa shape index (κ3) is 3.35. The van der Waals surface area contributed by atoms with Crippen molar-refractivity contribution in [3.05, 3.63) is 0 Å². The summed E-state index contributed by atoms with van der Waals surface area (Å²) in [5.74, 6) is 2.83. The summed E-state index contributed by atoms with van der Waals surface area (Å²) in [7, 11) is 0. The smallest absolute Gasteiger partial charge is 0.153 e. The lowest BCUT2D eigenvalue weighted by Crippen LogP contribution is -2.50. The quantitative estimate of drug-likeness (QED) is 0.680. The van der Waals surface area contributed by atoms with Crippen LogP contribution in [0, 0.1) is 12.3 Å². The largest absolute Gasteiger partial charge is 0.298 e. The van der Waals surface area contributed by atoms with E-state index in [9.17, 15) is 4.79 Å². The Labute approximate surface area is 99.4 Å². The van der Waals surface area contributed by atoms with Gasteiger partial charge < -0.3 is 0 Å². The van der Waals surface area contributed by atoms with E-state index in [0.29, 0.717) is 12.8 Å². The number of ketones is 1. The molecule has 0 amide bonds. The Hall–Kier alpha value is -0.810. The van der Waals surface area contributed by atoms with Crippen LogP contribution in [-0.4, -0.2) is 29.3 Å². The lowest BCUT2D eigenvalue weighted by atomic mass is 9.93. The number of hydrogen-bond acceptors (Lipinski definition) is 2. The third-order valence-electron chi connectivity index (χ3n) is 3.58. The van der Waals surface area contributed by atoms with Gasteiger partial charge in [-0.3, -0.25) is 9.69 Å². The Morgan fingerprint density at radius 1 is 1.25 bits per heavy atom. The molecule has 0 bridgehead atoms. The Morgan fingerprint density at radius 3 is 2.31 bits per heavy atom. The van der Waals surface area contributed by atoms with Gasteiger partial charge >= 0.3 is 0 Å². The molecule has 1 fully saturated rings. The fourth-order valence-corrected chi connectivity index (χ4v) is 2.30. The van der Waals surface area contributed by atoms with Crippen LogP contribution in [-0.2, 0) is 4.79 Å². The number of nitrogens with zero attached hydrogens (tertiary/aromatic N) is 1. The summed E-state index contributed by atoms with van der Waals surface area (Å²) in [4.78, 5) is 14.4. The van der Waals surface area contributed by atoms with Crippen LogP contribution in [0.1, 0.15) is 52.4 Å². The number of Topliss-reactive ketones (excluding diaryl/α,β-unsaturated/α-hetero) is 1. The van der Waals surface area contributed by atoms with Gasteiger partial charge in [-0.05, 0) is 39.8 Å². The Kier molecular flexibility index (Phi) is 5.02. The van der Waals surface area contributed by atoms with Gasteiger partial charge in [0.2, 0.25) is 0 Å². The molecular formula is C14H23NO. The van der Waals surface area contributed by atoms with Crippen molar-refractivity contribution in [3.63, 3.8) is 0 Å². The fraction of sp³-hybridized carbons (Fsp3) is 0.786. The Bertz CT molecular complexity index is 267. The first-order chi connectivity index (χ1) is 7.59. The van der Waals surface area contributed by atoms with Crippen LogP contribution in [0.4, 0.5) is 0 Å². The molecule has 0 aromatic rings. The van der Waals surface area contributed by atoms with Crippen molar-refractivity contribution < 1.29 is 4.79 Å².